The van der Waals surface area contributed by atoms with Gasteiger partial charge in [0.2, 0.25) is 5.91 Å². The Morgan fingerprint density at radius 1 is 1.64 bits per heavy atom. The fraction of sp³-hybridized carbons (Fsp3) is 0.222. The van der Waals surface area contributed by atoms with Crippen molar-refractivity contribution in [2.45, 2.75) is 6.54 Å². The highest BCUT2D eigenvalue weighted by molar-refractivity contribution is 5.80. The molecule has 0 aliphatic rings. The summed E-state index contributed by atoms with van der Waals surface area (Å²) in [5.41, 5.74) is 0.781. The molecule has 0 saturated heterocycles. The van der Waals surface area contributed by atoms with Crippen molar-refractivity contribution >= 4 is 16.9 Å². The molecule has 14 heavy (non-hydrogen) atoms. The fourth-order valence-electron chi connectivity index (χ4n) is 1.29. The number of fused-ring (bicyclic) bond motifs is 1. The summed E-state index contributed by atoms with van der Waals surface area (Å²) in [6, 6.07) is 1.89. The first-order valence-corrected chi connectivity index (χ1v) is 4.26. The van der Waals surface area contributed by atoms with Crippen molar-refractivity contribution in [1.82, 2.24) is 19.9 Å². The normalized spacial score (nSPS) is 10.4. The highest BCUT2D eigenvalue weighted by Gasteiger charge is 2.04. The lowest BCUT2D eigenvalue weighted by Gasteiger charge is -2.02. The standard InChI is InChI=1S/C9H10N4O/c1-10-8(14)5-13-3-2-7-4-11-6-12-9(7)13/h2-4,6H,5H2,1H3,(H,10,14). The minimum Gasteiger partial charge on any atom is -0.358 e. The van der Waals surface area contributed by atoms with E-state index in [4.69, 9.17) is 0 Å². The molecule has 5 nitrogen and oxygen atoms in total. The zero-order valence-electron chi connectivity index (χ0n) is 7.77. The van der Waals surface area contributed by atoms with Gasteiger partial charge in [-0.3, -0.25) is 4.79 Å². The van der Waals surface area contributed by atoms with Crippen LogP contribution in [0.5, 0.6) is 0 Å². The van der Waals surface area contributed by atoms with Crippen LogP contribution in [0.2, 0.25) is 0 Å². The maximum Gasteiger partial charge on any atom is 0.239 e. The van der Waals surface area contributed by atoms with Crippen molar-refractivity contribution in [3.05, 3.63) is 24.8 Å². The number of carbonyl (C=O) groups excluding carboxylic acids is 1. The Morgan fingerprint density at radius 2 is 2.50 bits per heavy atom. The zero-order chi connectivity index (χ0) is 9.97. The zero-order valence-corrected chi connectivity index (χ0v) is 7.77. The highest BCUT2D eigenvalue weighted by atomic mass is 16.1. The van der Waals surface area contributed by atoms with E-state index in [-0.39, 0.29) is 12.5 Å². The topological polar surface area (TPSA) is 59.8 Å². The molecule has 72 valence electrons. The Balaban J connectivity index is 2.38. The molecule has 0 fully saturated rings. The number of hydrogen-bond acceptors (Lipinski definition) is 3. The van der Waals surface area contributed by atoms with Gasteiger partial charge in [0, 0.05) is 24.8 Å². The fourth-order valence-corrected chi connectivity index (χ4v) is 1.29. The summed E-state index contributed by atoms with van der Waals surface area (Å²) in [6.45, 7) is 0.289. The molecule has 2 aromatic heterocycles. The molecule has 0 aliphatic carbocycles. The van der Waals surface area contributed by atoms with Crippen molar-refractivity contribution in [3.63, 3.8) is 0 Å². The molecule has 1 amide bonds. The molecule has 0 bridgehead atoms. The molecule has 0 radical (unpaired) electrons. The molecule has 0 spiro atoms. The van der Waals surface area contributed by atoms with Gasteiger partial charge in [-0.2, -0.15) is 0 Å². The van der Waals surface area contributed by atoms with Gasteiger partial charge < -0.3 is 9.88 Å². The van der Waals surface area contributed by atoms with Gasteiger partial charge in [-0.25, -0.2) is 9.97 Å². The molecule has 0 unspecified atom stereocenters. The minimum atomic E-state index is -0.0406. The second-order valence-corrected chi connectivity index (χ2v) is 2.92. The van der Waals surface area contributed by atoms with Gasteiger partial charge >= 0.3 is 0 Å². The Morgan fingerprint density at radius 3 is 3.29 bits per heavy atom. The molecular formula is C9H10N4O. The van der Waals surface area contributed by atoms with Gasteiger partial charge in [0.05, 0.1) is 0 Å². The van der Waals surface area contributed by atoms with Crippen LogP contribution >= 0.6 is 0 Å². The molecule has 0 atom stereocenters. The van der Waals surface area contributed by atoms with Crippen LogP contribution in [0.3, 0.4) is 0 Å². The lowest BCUT2D eigenvalue weighted by Crippen LogP contribution is -2.23. The number of carbonyl (C=O) groups is 1. The van der Waals surface area contributed by atoms with Crippen LogP contribution in [0.15, 0.2) is 24.8 Å². The van der Waals surface area contributed by atoms with Crippen LogP contribution < -0.4 is 5.32 Å². The van der Waals surface area contributed by atoms with Crippen LogP contribution in [0.1, 0.15) is 0 Å². The van der Waals surface area contributed by atoms with E-state index in [1.165, 1.54) is 6.33 Å². The Labute approximate surface area is 80.8 Å². The van der Waals surface area contributed by atoms with E-state index in [2.05, 4.69) is 15.3 Å². The monoisotopic (exact) mass is 190 g/mol. The quantitative estimate of drug-likeness (QED) is 0.734. The molecule has 1 N–H and O–H groups in total. The Kier molecular flexibility index (Phi) is 2.14. The smallest absolute Gasteiger partial charge is 0.239 e. The number of hydrogen-bond donors (Lipinski definition) is 1. The number of nitrogens with one attached hydrogen (secondary N) is 1. The van der Waals surface area contributed by atoms with Crippen molar-refractivity contribution in [1.29, 1.82) is 0 Å². The summed E-state index contributed by atoms with van der Waals surface area (Å²) in [6.07, 6.45) is 5.03. The molecule has 2 aromatic rings. The van der Waals surface area contributed by atoms with Crippen molar-refractivity contribution in [2.75, 3.05) is 7.05 Å². The van der Waals surface area contributed by atoms with Crippen LogP contribution in [-0.2, 0) is 11.3 Å². The van der Waals surface area contributed by atoms with E-state index in [0.717, 1.165) is 11.0 Å². The molecule has 0 aliphatic heterocycles. The minimum absolute atomic E-state index is 0.0406. The van der Waals surface area contributed by atoms with Crippen LogP contribution in [-0.4, -0.2) is 27.5 Å². The van der Waals surface area contributed by atoms with E-state index in [1.54, 1.807) is 17.8 Å². The molecular weight excluding hydrogens is 180 g/mol. The summed E-state index contributed by atoms with van der Waals surface area (Å²) in [5, 5.41) is 3.51. The van der Waals surface area contributed by atoms with Gasteiger partial charge in [0.25, 0.3) is 0 Å². The average Bonchev–Trinajstić information content (AvgIpc) is 2.62. The van der Waals surface area contributed by atoms with Crippen LogP contribution in [0.25, 0.3) is 11.0 Å². The lowest BCUT2D eigenvalue weighted by atomic mass is 10.4. The van der Waals surface area contributed by atoms with Gasteiger partial charge in [-0.1, -0.05) is 0 Å². The number of amides is 1. The Hall–Kier alpha value is -1.91. The Bertz CT molecular complexity index is 463. The van der Waals surface area contributed by atoms with Gasteiger partial charge in [-0.05, 0) is 6.07 Å². The number of rotatable bonds is 2. The van der Waals surface area contributed by atoms with Gasteiger partial charge in [0.1, 0.15) is 18.5 Å². The largest absolute Gasteiger partial charge is 0.358 e. The maximum atomic E-state index is 11.1. The molecule has 2 rings (SSSR count). The summed E-state index contributed by atoms with van der Waals surface area (Å²) in [7, 11) is 1.61. The lowest BCUT2D eigenvalue weighted by molar-refractivity contribution is -0.121. The van der Waals surface area contributed by atoms with Crippen LogP contribution in [0, 0.1) is 0 Å². The third kappa shape index (κ3) is 1.44. The summed E-state index contributed by atoms with van der Waals surface area (Å²) in [4.78, 5) is 19.1. The van der Waals surface area contributed by atoms with Crippen LogP contribution in [0.4, 0.5) is 0 Å². The summed E-state index contributed by atoms with van der Waals surface area (Å²) in [5.74, 6) is -0.0406. The van der Waals surface area contributed by atoms with E-state index in [1.807, 2.05) is 12.3 Å². The second kappa shape index (κ2) is 3.45. The SMILES string of the molecule is CNC(=O)Cn1ccc2cncnc21. The van der Waals surface area contributed by atoms with E-state index >= 15 is 0 Å². The predicted octanol–water partition coefficient (Wildman–Crippen LogP) is 0.177. The number of nitrogens with zero attached hydrogens (tertiary/aromatic N) is 3. The summed E-state index contributed by atoms with van der Waals surface area (Å²) < 4.78 is 1.79. The average molecular weight is 190 g/mol. The van der Waals surface area contributed by atoms with Crippen molar-refractivity contribution < 1.29 is 4.79 Å². The van der Waals surface area contributed by atoms with Crippen molar-refractivity contribution in [2.24, 2.45) is 0 Å². The number of likely N-dealkylation sites (N-methyl/N-ethyl adjacent to an activating group) is 1. The van der Waals surface area contributed by atoms with Gasteiger partial charge in [-0.15, -0.1) is 0 Å². The first kappa shape index (κ1) is 8.68. The molecule has 5 heteroatoms. The third-order valence-corrected chi connectivity index (χ3v) is 2.02. The first-order valence-electron chi connectivity index (χ1n) is 4.26. The number of aromatic nitrogens is 3. The molecule has 2 heterocycles. The van der Waals surface area contributed by atoms with E-state index < -0.39 is 0 Å². The van der Waals surface area contributed by atoms with Gasteiger partial charge in [0.15, 0.2) is 0 Å². The van der Waals surface area contributed by atoms with E-state index in [9.17, 15) is 4.79 Å². The summed E-state index contributed by atoms with van der Waals surface area (Å²) >= 11 is 0. The molecule has 0 aromatic carbocycles. The predicted molar refractivity (Wildman–Crippen MR) is 51.6 cm³/mol. The van der Waals surface area contributed by atoms with Crippen molar-refractivity contribution in [3.8, 4) is 0 Å². The molecule has 0 saturated carbocycles. The third-order valence-electron chi connectivity index (χ3n) is 2.02. The second-order valence-electron chi connectivity index (χ2n) is 2.92. The first-order chi connectivity index (χ1) is 6.81. The highest BCUT2D eigenvalue weighted by Crippen LogP contribution is 2.10. The van der Waals surface area contributed by atoms with E-state index in [0.29, 0.717) is 0 Å². The maximum absolute atomic E-state index is 11.1.